The lowest BCUT2D eigenvalue weighted by Gasteiger charge is -2.39. The molecule has 1 atom stereocenters. The summed E-state index contributed by atoms with van der Waals surface area (Å²) >= 11 is 0. The lowest BCUT2D eigenvalue weighted by atomic mass is 9.69. The van der Waals surface area contributed by atoms with Gasteiger partial charge in [-0.25, -0.2) is 0 Å². The molecular formula is C17H34N2O2. The number of carbonyl (C=O) groups is 1. The van der Waals surface area contributed by atoms with Crippen molar-refractivity contribution in [1.82, 2.24) is 5.32 Å². The minimum atomic E-state index is -0.398. The Labute approximate surface area is 130 Å². The van der Waals surface area contributed by atoms with Gasteiger partial charge in [-0.05, 0) is 49.9 Å². The Morgan fingerprint density at radius 2 is 1.95 bits per heavy atom. The third-order valence-corrected chi connectivity index (χ3v) is 5.29. The number of nitrogens with one attached hydrogen (secondary N) is 1. The third-order valence-electron chi connectivity index (χ3n) is 5.29. The molecule has 0 aromatic carbocycles. The second-order valence-corrected chi connectivity index (χ2v) is 7.14. The Bertz CT molecular complexity index is 310. The van der Waals surface area contributed by atoms with Crippen LogP contribution in [0.3, 0.4) is 0 Å². The molecule has 0 aromatic rings. The Balaban J connectivity index is 2.30. The maximum Gasteiger partial charge on any atom is 0.237 e. The molecule has 3 N–H and O–H groups in total. The first-order chi connectivity index (χ1) is 9.90. The molecule has 0 bridgehead atoms. The van der Waals surface area contributed by atoms with Crippen LogP contribution in [-0.4, -0.2) is 31.7 Å². The molecule has 0 aliphatic heterocycles. The van der Waals surface area contributed by atoms with Gasteiger partial charge < -0.3 is 15.8 Å². The zero-order chi connectivity index (χ0) is 15.9. The van der Waals surface area contributed by atoms with Gasteiger partial charge in [0.25, 0.3) is 0 Å². The van der Waals surface area contributed by atoms with Gasteiger partial charge in [0.05, 0.1) is 6.04 Å². The normalized spacial score (nSPS) is 24.6. The van der Waals surface area contributed by atoms with E-state index in [-0.39, 0.29) is 5.91 Å². The van der Waals surface area contributed by atoms with Crippen LogP contribution in [0.4, 0.5) is 0 Å². The lowest BCUT2D eigenvalue weighted by molar-refractivity contribution is -0.123. The Kier molecular flexibility index (Phi) is 7.67. The predicted octanol–water partition coefficient (Wildman–Crippen LogP) is 2.85. The number of amides is 1. The molecule has 1 amide bonds. The predicted molar refractivity (Wildman–Crippen MR) is 87.0 cm³/mol. The first-order valence-corrected chi connectivity index (χ1v) is 8.45. The van der Waals surface area contributed by atoms with Gasteiger partial charge in [0, 0.05) is 19.8 Å². The molecule has 0 heterocycles. The smallest absolute Gasteiger partial charge is 0.237 e. The van der Waals surface area contributed by atoms with Gasteiger partial charge in [0.15, 0.2) is 0 Å². The highest BCUT2D eigenvalue weighted by atomic mass is 16.5. The zero-order valence-corrected chi connectivity index (χ0v) is 14.3. The number of nitrogens with two attached hydrogens (primary N) is 1. The van der Waals surface area contributed by atoms with Crippen molar-refractivity contribution in [3.05, 3.63) is 0 Å². The van der Waals surface area contributed by atoms with Crippen LogP contribution in [0.25, 0.3) is 0 Å². The van der Waals surface area contributed by atoms with Crippen molar-refractivity contribution in [2.45, 2.75) is 77.8 Å². The Morgan fingerprint density at radius 3 is 2.48 bits per heavy atom. The highest BCUT2D eigenvalue weighted by molar-refractivity contribution is 5.81. The summed E-state index contributed by atoms with van der Waals surface area (Å²) in [5.41, 5.74) is 6.35. The van der Waals surface area contributed by atoms with Crippen molar-refractivity contribution < 1.29 is 9.53 Å². The van der Waals surface area contributed by atoms with Crippen LogP contribution in [-0.2, 0) is 9.53 Å². The van der Waals surface area contributed by atoms with E-state index in [1.807, 2.05) is 0 Å². The van der Waals surface area contributed by atoms with E-state index < -0.39 is 6.04 Å². The number of methoxy groups -OCH3 is 1. The standard InChI is InChI=1S/C17H34N2O2/c1-5-17(2,3)13-8-10-14(11-9-13)19-16(20)15(18)7-6-12-21-4/h13-15H,5-12,18H2,1-4H3,(H,19,20). The maximum absolute atomic E-state index is 12.1. The number of carbonyl (C=O) groups excluding carboxylic acids is 1. The zero-order valence-electron chi connectivity index (χ0n) is 14.3. The first kappa shape index (κ1) is 18.4. The largest absolute Gasteiger partial charge is 0.385 e. The highest BCUT2D eigenvalue weighted by Gasteiger charge is 2.32. The van der Waals surface area contributed by atoms with E-state index in [2.05, 4.69) is 26.1 Å². The van der Waals surface area contributed by atoms with E-state index in [1.165, 1.54) is 19.3 Å². The quantitative estimate of drug-likeness (QED) is 0.677. The van der Waals surface area contributed by atoms with Gasteiger partial charge in [-0.1, -0.05) is 27.2 Å². The van der Waals surface area contributed by atoms with Crippen molar-refractivity contribution in [3.63, 3.8) is 0 Å². The van der Waals surface area contributed by atoms with E-state index in [4.69, 9.17) is 10.5 Å². The molecule has 1 saturated carbocycles. The summed E-state index contributed by atoms with van der Waals surface area (Å²) in [5.74, 6) is 0.787. The number of ether oxygens (including phenoxy) is 1. The van der Waals surface area contributed by atoms with Crippen molar-refractivity contribution in [2.75, 3.05) is 13.7 Å². The molecule has 21 heavy (non-hydrogen) atoms. The molecule has 0 radical (unpaired) electrons. The Hall–Kier alpha value is -0.610. The monoisotopic (exact) mass is 298 g/mol. The van der Waals surface area contributed by atoms with Gasteiger partial charge in [-0.3, -0.25) is 4.79 Å². The fraction of sp³-hybridized carbons (Fsp3) is 0.941. The van der Waals surface area contributed by atoms with Crippen LogP contribution in [0.5, 0.6) is 0 Å². The fourth-order valence-corrected chi connectivity index (χ4v) is 3.19. The van der Waals surface area contributed by atoms with Crippen molar-refractivity contribution in [1.29, 1.82) is 0 Å². The van der Waals surface area contributed by atoms with Gasteiger partial charge in [-0.15, -0.1) is 0 Å². The SMILES string of the molecule is CCC(C)(C)C1CCC(NC(=O)C(N)CCCOC)CC1. The Morgan fingerprint density at radius 1 is 1.33 bits per heavy atom. The van der Waals surface area contributed by atoms with E-state index >= 15 is 0 Å². The van der Waals surface area contributed by atoms with E-state index in [0.717, 1.165) is 25.2 Å². The molecule has 0 saturated heterocycles. The molecule has 1 fully saturated rings. The number of rotatable bonds is 8. The van der Waals surface area contributed by atoms with Gasteiger partial charge in [-0.2, -0.15) is 0 Å². The topological polar surface area (TPSA) is 64.4 Å². The maximum atomic E-state index is 12.1. The highest BCUT2D eigenvalue weighted by Crippen LogP contribution is 2.40. The average molecular weight is 298 g/mol. The van der Waals surface area contributed by atoms with Crippen LogP contribution in [0.1, 0.15) is 65.7 Å². The molecular weight excluding hydrogens is 264 g/mol. The second kappa shape index (κ2) is 8.74. The van der Waals surface area contributed by atoms with Crippen LogP contribution in [0.15, 0.2) is 0 Å². The number of hydrogen-bond donors (Lipinski definition) is 2. The summed E-state index contributed by atoms with van der Waals surface area (Å²) in [4.78, 5) is 12.1. The molecule has 124 valence electrons. The van der Waals surface area contributed by atoms with Crippen molar-refractivity contribution in [2.24, 2.45) is 17.1 Å². The fourth-order valence-electron chi connectivity index (χ4n) is 3.19. The summed E-state index contributed by atoms with van der Waals surface area (Å²) in [7, 11) is 1.67. The summed E-state index contributed by atoms with van der Waals surface area (Å²) in [6.45, 7) is 7.66. The van der Waals surface area contributed by atoms with Gasteiger partial charge in [0.2, 0.25) is 5.91 Å². The molecule has 1 rings (SSSR count). The minimum absolute atomic E-state index is 0.00399. The molecule has 1 unspecified atom stereocenters. The molecule has 0 aromatic heterocycles. The molecule has 1 aliphatic carbocycles. The molecule has 4 heteroatoms. The van der Waals surface area contributed by atoms with Crippen LogP contribution in [0, 0.1) is 11.3 Å². The average Bonchev–Trinajstić information content (AvgIpc) is 2.48. The summed E-state index contributed by atoms with van der Waals surface area (Å²) < 4.78 is 4.99. The van der Waals surface area contributed by atoms with Gasteiger partial charge >= 0.3 is 0 Å². The van der Waals surface area contributed by atoms with Crippen LogP contribution in [0.2, 0.25) is 0 Å². The van der Waals surface area contributed by atoms with E-state index in [1.54, 1.807) is 7.11 Å². The lowest BCUT2D eigenvalue weighted by Crippen LogP contribution is -2.47. The van der Waals surface area contributed by atoms with Gasteiger partial charge in [0.1, 0.15) is 0 Å². The first-order valence-electron chi connectivity index (χ1n) is 8.45. The molecule has 1 aliphatic rings. The summed E-state index contributed by atoms with van der Waals surface area (Å²) in [6, 6.07) is -0.0835. The van der Waals surface area contributed by atoms with E-state index in [0.29, 0.717) is 24.5 Å². The van der Waals surface area contributed by atoms with Crippen molar-refractivity contribution in [3.8, 4) is 0 Å². The van der Waals surface area contributed by atoms with E-state index in [9.17, 15) is 4.79 Å². The van der Waals surface area contributed by atoms with Crippen molar-refractivity contribution >= 4 is 5.91 Å². The molecule has 0 spiro atoms. The summed E-state index contributed by atoms with van der Waals surface area (Å²) in [5, 5.41) is 3.13. The number of hydrogen-bond acceptors (Lipinski definition) is 3. The minimum Gasteiger partial charge on any atom is -0.385 e. The van der Waals surface area contributed by atoms with Crippen LogP contribution >= 0.6 is 0 Å². The second-order valence-electron chi connectivity index (χ2n) is 7.14. The third kappa shape index (κ3) is 5.95. The summed E-state index contributed by atoms with van der Waals surface area (Å²) in [6.07, 6.45) is 7.35. The molecule has 4 nitrogen and oxygen atoms in total. The van der Waals surface area contributed by atoms with Crippen LogP contribution < -0.4 is 11.1 Å².